The third-order valence-electron chi connectivity index (χ3n) is 4.35. The molecule has 6 nitrogen and oxygen atoms in total. The van der Waals surface area contributed by atoms with E-state index in [0.29, 0.717) is 17.0 Å². The van der Waals surface area contributed by atoms with Crippen molar-refractivity contribution < 1.29 is 17.9 Å². The quantitative estimate of drug-likeness (QED) is 0.445. The molecule has 1 N–H and O–H groups in total. The standard InChI is InChI=1S/C18H16F3N5OS2/c1-27-8-2-3-12-13-5-4-11(29-25-18(10-19)6-7-18)9-26(13)15(22-12)17-24-23-16(28-17)14(20)21/h4-5,9,14,25H,6-8,10H2,1H3. The van der Waals surface area contributed by atoms with Crippen LogP contribution in [0.1, 0.15) is 30.0 Å². The number of pyridine rings is 1. The second kappa shape index (κ2) is 8.31. The molecule has 1 aliphatic carbocycles. The summed E-state index contributed by atoms with van der Waals surface area (Å²) in [6.45, 7) is -0.176. The third kappa shape index (κ3) is 4.25. The largest absolute Gasteiger partial charge is 0.372 e. The number of hydrogen-bond acceptors (Lipinski definition) is 7. The highest BCUT2D eigenvalue weighted by atomic mass is 32.2. The minimum atomic E-state index is -2.70. The van der Waals surface area contributed by atoms with Crippen LogP contribution < -0.4 is 4.72 Å². The van der Waals surface area contributed by atoms with Gasteiger partial charge >= 0.3 is 0 Å². The van der Waals surface area contributed by atoms with Crippen LogP contribution in [0.4, 0.5) is 13.2 Å². The molecule has 11 heteroatoms. The van der Waals surface area contributed by atoms with Gasteiger partial charge in [0.05, 0.1) is 11.1 Å². The summed E-state index contributed by atoms with van der Waals surface area (Å²) in [4.78, 5) is 5.31. The summed E-state index contributed by atoms with van der Waals surface area (Å²) in [5, 5.41) is 7.31. The van der Waals surface area contributed by atoms with Gasteiger partial charge in [0, 0.05) is 18.2 Å². The number of halogens is 3. The van der Waals surface area contributed by atoms with Crippen molar-refractivity contribution >= 4 is 28.8 Å². The Morgan fingerprint density at radius 3 is 2.86 bits per heavy atom. The Morgan fingerprint density at radius 1 is 1.38 bits per heavy atom. The van der Waals surface area contributed by atoms with E-state index >= 15 is 0 Å². The predicted molar refractivity (Wildman–Crippen MR) is 105 cm³/mol. The fraction of sp³-hybridized carbons (Fsp3) is 0.389. The van der Waals surface area contributed by atoms with E-state index in [1.54, 1.807) is 17.7 Å². The molecular formula is C18H16F3N5OS2. The number of hydrogen-bond donors (Lipinski definition) is 1. The molecule has 1 fully saturated rings. The fourth-order valence-electron chi connectivity index (χ4n) is 2.56. The number of imidazole rings is 1. The normalized spacial score (nSPS) is 14.9. The predicted octanol–water partition coefficient (Wildman–Crippen LogP) is 3.89. The number of rotatable bonds is 7. The molecule has 29 heavy (non-hydrogen) atoms. The molecule has 0 bridgehead atoms. The second-order valence-corrected chi connectivity index (χ2v) is 8.39. The molecule has 1 aliphatic rings. The lowest BCUT2D eigenvalue weighted by molar-refractivity contribution is 0.150. The van der Waals surface area contributed by atoms with Crippen LogP contribution in [0.3, 0.4) is 0 Å². The summed E-state index contributed by atoms with van der Waals surface area (Å²) >= 11 is 2.11. The van der Waals surface area contributed by atoms with Crippen molar-refractivity contribution in [3.63, 3.8) is 0 Å². The Morgan fingerprint density at radius 2 is 2.21 bits per heavy atom. The molecule has 3 heterocycles. The molecule has 152 valence electrons. The van der Waals surface area contributed by atoms with E-state index in [0.717, 1.165) is 29.1 Å². The van der Waals surface area contributed by atoms with Crippen LogP contribution in [0.5, 0.6) is 0 Å². The average Bonchev–Trinajstić information content (AvgIpc) is 3.17. The van der Waals surface area contributed by atoms with Crippen molar-refractivity contribution in [2.75, 3.05) is 20.4 Å². The summed E-state index contributed by atoms with van der Waals surface area (Å²) in [6.07, 6.45) is 0.707. The van der Waals surface area contributed by atoms with Gasteiger partial charge in [-0.05, 0) is 42.8 Å². The van der Waals surface area contributed by atoms with Crippen molar-refractivity contribution in [2.24, 2.45) is 0 Å². The van der Waals surface area contributed by atoms with Crippen molar-refractivity contribution in [3.8, 4) is 22.7 Å². The molecule has 0 radical (unpaired) electrons. The van der Waals surface area contributed by atoms with Gasteiger partial charge in [0.15, 0.2) is 15.8 Å². The molecule has 0 amide bonds. The number of nitrogens with one attached hydrogen (secondary N) is 1. The SMILES string of the molecule is COCC#Cc1nc(-c2nnc(C(F)F)s2)n2cc(SNC3(CF)CC3)ccc12. The molecule has 0 spiro atoms. The zero-order valence-corrected chi connectivity index (χ0v) is 16.9. The molecule has 0 aliphatic heterocycles. The van der Waals surface area contributed by atoms with Crippen molar-refractivity contribution in [2.45, 2.75) is 29.7 Å². The van der Waals surface area contributed by atoms with E-state index < -0.39 is 18.6 Å². The molecule has 1 saturated carbocycles. The van der Waals surface area contributed by atoms with Gasteiger partial charge in [-0.1, -0.05) is 17.3 Å². The first-order valence-electron chi connectivity index (χ1n) is 8.67. The molecule has 4 rings (SSSR count). The summed E-state index contributed by atoms with van der Waals surface area (Å²) in [7, 11) is 1.54. The van der Waals surface area contributed by atoms with Crippen molar-refractivity contribution in [1.82, 2.24) is 24.3 Å². The maximum atomic E-state index is 13.1. The highest BCUT2D eigenvalue weighted by Crippen LogP contribution is 2.39. The monoisotopic (exact) mass is 439 g/mol. The fourth-order valence-corrected chi connectivity index (χ4v) is 4.13. The van der Waals surface area contributed by atoms with Crippen LogP contribution in [-0.4, -0.2) is 45.5 Å². The lowest BCUT2D eigenvalue weighted by Crippen LogP contribution is -2.27. The van der Waals surface area contributed by atoms with E-state index in [-0.39, 0.29) is 16.6 Å². The topological polar surface area (TPSA) is 64.3 Å². The van der Waals surface area contributed by atoms with E-state index in [9.17, 15) is 13.2 Å². The summed E-state index contributed by atoms with van der Waals surface area (Å²) in [5.41, 5.74) is 0.741. The first-order chi connectivity index (χ1) is 14.0. The molecular weight excluding hydrogens is 423 g/mol. The highest BCUT2D eigenvalue weighted by Gasteiger charge is 2.42. The Bertz CT molecular complexity index is 1080. The van der Waals surface area contributed by atoms with Crippen molar-refractivity contribution in [3.05, 3.63) is 29.0 Å². The summed E-state index contributed by atoms with van der Waals surface area (Å²) in [5.74, 6) is 6.16. The second-order valence-electron chi connectivity index (χ2n) is 6.50. The summed E-state index contributed by atoms with van der Waals surface area (Å²) < 4.78 is 48.8. The number of aromatic nitrogens is 4. The van der Waals surface area contributed by atoms with Crippen LogP contribution in [-0.2, 0) is 4.74 Å². The van der Waals surface area contributed by atoms with Crippen LogP contribution in [0, 0.1) is 11.8 Å². The Kier molecular flexibility index (Phi) is 5.78. The minimum absolute atomic E-state index is 0.242. The van der Waals surface area contributed by atoms with Gasteiger partial charge < -0.3 is 4.74 Å². The minimum Gasteiger partial charge on any atom is -0.372 e. The molecule has 3 aromatic rings. The first kappa shape index (κ1) is 20.2. The van der Waals surface area contributed by atoms with Gasteiger partial charge in [-0.2, -0.15) is 0 Å². The van der Waals surface area contributed by atoms with Gasteiger partial charge in [0.2, 0.25) is 0 Å². The van der Waals surface area contributed by atoms with Crippen LogP contribution >= 0.6 is 23.3 Å². The zero-order chi connectivity index (χ0) is 20.4. The van der Waals surface area contributed by atoms with Gasteiger partial charge in [0.25, 0.3) is 6.43 Å². The number of fused-ring (bicyclic) bond motifs is 1. The summed E-state index contributed by atoms with van der Waals surface area (Å²) in [6, 6.07) is 3.71. The Hall–Kier alpha value is -2.13. The number of methoxy groups -OCH3 is 1. The van der Waals surface area contributed by atoms with Gasteiger partial charge in [-0.3, -0.25) is 9.12 Å². The average molecular weight is 439 g/mol. The van der Waals surface area contributed by atoms with Crippen molar-refractivity contribution in [1.29, 1.82) is 0 Å². The Labute approximate surface area is 173 Å². The molecule has 0 unspecified atom stereocenters. The molecule has 0 saturated heterocycles. The first-order valence-corrected chi connectivity index (χ1v) is 10.3. The number of ether oxygens (including phenoxy) is 1. The van der Waals surface area contributed by atoms with Gasteiger partial charge in [0.1, 0.15) is 19.0 Å². The van der Waals surface area contributed by atoms with Crippen LogP contribution in [0.15, 0.2) is 23.2 Å². The lowest BCUT2D eigenvalue weighted by atomic mass is 10.3. The molecule has 0 atom stereocenters. The van der Waals surface area contributed by atoms with E-state index in [1.807, 2.05) is 12.1 Å². The van der Waals surface area contributed by atoms with Gasteiger partial charge in [-0.15, -0.1) is 10.2 Å². The number of alkyl halides is 3. The van der Waals surface area contributed by atoms with Crippen LogP contribution in [0.25, 0.3) is 16.3 Å². The maximum absolute atomic E-state index is 13.1. The highest BCUT2D eigenvalue weighted by molar-refractivity contribution is 7.97. The third-order valence-corrected chi connectivity index (χ3v) is 6.29. The zero-order valence-electron chi connectivity index (χ0n) is 15.3. The maximum Gasteiger partial charge on any atom is 0.291 e. The molecule has 0 aromatic carbocycles. The smallest absolute Gasteiger partial charge is 0.291 e. The molecule has 3 aromatic heterocycles. The Balaban J connectivity index is 1.72. The number of nitrogens with zero attached hydrogens (tertiary/aromatic N) is 4. The van der Waals surface area contributed by atoms with E-state index in [4.69, 9.17) is 4.74 Å². The van der Waals surface area contributed by atoms with E-state index in [1.165, 1.54) is 11.9 Å². The van der Waals surface area contributed by atoms with Gasteiger partial charge in [-0.25, -0.2) is 18.2 Å². The van der Waals surface area contributed by atoms with Crippen LogP contribution in [0.2, 0.25) is 0 Å². The van der Waals surface area contributed by atoms with E-state index in [2.05, 4.69) is 31.7 Å². The lowest BCUT2D eigenvalue weighted by Gasteiger charge is -2.12.